The van der Waals surface area contributed by atoms with Crippen molar-refractivity contribution < 1.29 is 38.0 Å². The van der Waals surface area contributed by atoms with Crippen LogP contribution in [0.15, 0.2) is 48.8 Å². The second-order valence-corrected chi connectivity index (χ2v) is 15.1. The maximum absolute atomic E-state index is 13.0. The highest BCUT2D eigenvalue weighted by molar-refractivity contribution is 5.83. The fraction of sp³-hybridized carbons (Fsp3) is 0.500. The van der Waals surface area contributed by atoms with E-state index in [9.17, 15) is 9.59 Å². The number of ether oxygens (including phenoxy) is 6. The molecule has 0 saturated carbocycles. The van der Waals surface area contributed by atoms with Crippen LogP contribution in [0.25, 0.3) is 33.6 Å². The number of nitrogens with one attached hydrogen (secondary N) is 3. The minimum Gasteiger partial charge on any atom is -0.487 e. The summed E-state index contributed by atoms with van der Waals surface area (Å²) in [6, 6.07) is 11.4. The van der Waals surface area contributed by atoms with Crippen molar-refractivity contribution in [2.75, 3.05) is 47.2 Å². The average molecular weight is 747 g/mol. The summed E-state index contributed by atoms with van der Waals surface area (Å²) >= 11 is 0. The van der Waals surface area contributed by atoms with Crippen LogP contribution in [0, 0.1) is 0 Å². The minimum atomic E-state index is -0.601. The molecule has 1 fully saturated rings. The Balaban J connectivity index is 1.44. The van der Waals surface area contributed by atoms with Crippen molar-refractivity contribution in [1.82, 2.24) is 30.2 Å². The number of benzene rings is 2. The summed E-state index contributed by atoms with van der Waals surface area (Å²) in [6.45, 7) is 14.8. The Labute approximate surface area is 317 Å². The van der Waals surface area contributed by atoms with E-state index in [1.807, 2.05) is 84.9 Å². The van der Waals surface area contributed by atoms with E-state index < -0.39 is 17.3 Å². The molecule has 3 heterocycles. The van der Waals surface area contributed by atoms with Gasteiger partial charge in [0.15, 0.2) is 11.5 Å². The zero-order valence-corrected chi connectivity index (χ0v) is 32.8. The molecule has 14 nitrogen and oxygen atoms in total. The molecule has 2 aromatic heterocycles. The Hall–Kier alpha value is -5.08. The number of aromatic amines is 2. The van der Waals surface area contributed by atoms with Gasteiger partial charge in [0.05, 0.1) is 49.1 Å². The lowest BCUT2D eigenvalue weighted by atomic mass is 9.98. The third-order valence-corrected chi connectivity index (χ3v) is 8.51. The number of hydrogen-bond acceptors (Lipinski definition) is 10. The molecule has 292 valence electrons. The molecular formula is C40H54N6O8. The topological polar surface area (TPSA) is 162 Å². The highest BCUT2D eigenvalue weighted by atomic mass is 16.6. The van der Waals surface area contributed by atoms with Gasteiger partial charge in [0.2, 0.25) is 0 Å². The van der Waals surface area contributed by atoms with Gasteiger partial charge >= 0.3 is 12.2 Å². The molecule has 1 saturated heterocycles. The van der Waals surface area contributed by atoms with Crippen LogP contribution in [0.2, 0.25) is 0 Å². The zero-order valence-electron chi connectivity index (χ0n) is 32.8. The first-order valence-electron chi connectivity index (χ1n) is 18.3. The van der Waals surface area contributed by atoms with Crippen LogP contribution in [0.3, 0.4) is 0 Å². The van der Waals surface area contributed by atoms with Crippen molar-refractivity contribution in [2.45, 2.75) is 84.6 Å². The lowest BCUT2D eigenvalue weighted by Crippen LogP contribution is -2.36. The van der Waals surface area contributed by atoms with Crippen molar-refractivity contribution in [3.05, 3.63) is 60.4 Å². The van der Waals surface area contributed by atoms with E-state index in [0.29, 0.717) is 49.5 Å². The highest BCUT2D eigenvalue weighted by Gasteiger charge is 2.35. The quantitative estimate of drug-likeness (QED) is 0.108. The lowest BCUT2D eigenvalue weighted by Gasteiger charge is -2.27. The minimum absolute atomic E-state index is 0.239. The van der Waals surface area contributed by atoms with Crippen LogP contribution in [0.1, 0.15) is 85.0 Å². The van der Waals surface area contributed by atoms with Gasteiger partial charge < -0.3 is 43.7 Å². The van der Waals surface area contributed by atoms with Crippen LogP contribution in [0.5, 0.6) is 11.5 Å². The van der Waals surface area contributed by atoms with Crippen molar-refractivity contribution in [3.8, 4) is 45.1 Å². The van der Waals surface area contributed by atoms with Crippen LogP contribution in [0.4, 0.5) is 9.59 Å². The van der Waals surface area contributed by atoms with E-state index in [1.165, 1.54) is 0 Å². The van der Waals surface area contributed by atoms with Gasteiger partial charge in [0, 0.05) is 31.9 Å². The molecule has 0 radical (unpaired) electrons. The second kappa shape index (κ2) is 17.4. The van der Waals surface area contributed by atoms with Gasteiger partial charge in [-0.15, -0.1) is 0 Å². The number of H-pyrrole nitrogens is 2. The van der Waals surface area contributed by atoms with E-state index in [4.69, 9.17) is 33.4 Å². The number of likely N-dealkylation sites (tertiary alicyclic amines) is 1. The van der Waals surface area contributed by atoms with Gasteiger partial charge in [-0.2, -0.15) is 0 Å². The number of aromatic nitrogens is 4. The second-order valence-electron chi connectivity index (χ2n) is 15.1. The van der Waals surface area contributed by atoms with Crippen molar-refractivity contribution in [3.63, 3.8) is 0 Å². The number of carbonyl (C=O) groups excluding carboxylic acids is 2. The summed E-state index contributed by atoms with van der Waals surface area (Å²) in [5.41, 5.74) is 3.70. The molecule has 2 atom stereocenters. The fourth-order valence-electron chi connectivity index (χ4n) is 6.06. The van der Waals surface area contributed by atoms with Gasteiger partial charge in [0.25, 0.3) is 0 Å². The molecule has 54 heavy (non-hydrogen) atoms. The third kappa shape index (κ3) is 10.3. The Kier molecular flexibility index (Phi) is 12.9. The molecule has 4 aromatic rings. The maximum Gasteiger partial charge on any atom is 0.410 e. The molecule has 1 aliphatic heterocycles. The molecule has 2 amide bonds. The molecule has 1 aliphatic rings. The summed E-state index contributed by atoms with van der Waals surface area (Å²) in [6.07, 6.45) is 4.26. The smallest absolute Gasteiger partial charge is 0.410 e. The van der Waals surface area contributed by atoms with E-state index in [1.54, 1.807) is 31.5 Å². The Morgan fingerprint density at radius 2 is 1.39 bits per heavy atom. The number of nitrogens with zero attached hydrogens (tertiary/aromatic N) is 3. The van der Waals surface area contributed by atoms with Gasteiger partial charge in [-0.1, -0.05) is 24.3 Å². The number of methoxy groups -OCH3 is 2. The first kappa shape index (κ1) is 40.1. The molecule has 1 unspecified atom stereocenters. The van der Waals surface area contributed by atoms with Crippen molar-refractivity contribution in [1.29, 1.82) is 0 Å². The standard InChI is InChI=1S/C40H54N6O8/c1-25(43-37(47)53-39(2,3)4)35-41-23-30(44-35)27-14-12-26(13-15-27)28-16-17-29(34(52-22-20-50-9)33(28)51-21-19-49-8)31-24-42-36(45-31)32-11-10-18-46(32)38(48)54-40(5,6)7/h12-17,23-25,32H,10-11,18-22H2,1-9H3,(H,41,44)(H,42,45)(H,43,47)/t25-,32?/m0/s1. The fourth-order valence-corrected chi connectivity index (χ4v) is 6.06. The molecule has 3 N–H and O–H groups in total. The van der Waals surface area contributed by atoms with Crippen LogP contribution < -0.4 is 14.8 Å². The first-order valence-corrected chi connectivity index (χ1v) is 18.3. The molecule has 5 rings (SSSR count). The number of imidazole rings is 2. The van der Waals surface area contributed by atoms with Gasteiger partial charge in [0.1, 0.15) is 36.1 Å². The summed E-state index contributed by atoms with van der Waals surface area (Å²) in [5, 5.41) is 2.82. The van der Waals surface area contributed by atoms with E-state index >= 15 is 0 Å². The van der Waals surface area contributed by atoms with Crippen molar-refractivity contribution in [2.24, 2.45) is 0 Å². The predicted octanol–water partition coefficient (Wildman–Crippen LogP) is 7.84. The predicted molar refractivity (Wildman–Crippen MR) is 204 cm³/mol. The van der Waals surface area contributed by atoms with Crippen molar-refractivity contribution >= 4 is 12.2 Å². The SMILES string of the molecule is COCCOc1c(-c2ccc(-c3cnc([C@H](C)NC(=O)OC(C)(C)C)[nH]3)cc2)ccc(-c2cnc(C3CCCN3C(=O)OC(C)(C)C)[nH]2)c1OCCOC. The lowest BCUT2D eigenvalue weighted by molar-refractivity contribution is 0.0218. The maximum atomic E-state index is 13.0. The number of rotatable bonds is 14. The zero-order chi connectivity index (χ0) is 39.0. The number of amides is 2. The van der Waals surface area contributed by atoms with E-state index in [2.05, 4.69) is 20.3 Å². The molecular weight excluding hydrogens is 692 g/mol. The Morgan fingerprint density at radius 3 is 2.02 bits per heavy atom. The Bertz CT molecular complexity index is 1860. The molecule has 0 bridgehead atoms. The van der Waals surface area contributed by atoms with E-state index in [-0.39, 0.29) is 24.8 Å². The molecule has 0 aliphatic carbocycles. The van der Waals surface area contributed by atoms with Crippen LogP contribution >= 0.6 is 0 Å². The summed E-state index contributed by atoms with van der Waals surface area (Å²) in [5.74, 6) is 2.36. The largest absolute Gasteiger partial charge is 0.487 e. The van der Waals surface area contributed by atoms with Gasteiger partial charge in [-0.3, -0.25) is 4.90 Å². The Morgan fingerprint density at radius 1 is 0.796 bits per heavy atom. The molecule has 2 aromatic carbocycles. The van der Waals surface area contributed by atoms with Gasteiger partial charge in [-0.25, -0.2) is 19.6 Å². The summed E-state index contributed by atoms with van der Waals surface area (Å²) < 4.78 is 34.5. The summed E-state index contributed by atoms with van der Waals surface area (Å²) in [4.78, 5) is 43.1. The monoisotopic (exact) mass is 746 g/mol. The third-order valence-electron chi connectivity index (χ3n) is 8.51. The van der Waals surface area contributed by atoms with E-state index in [0.717, 1.165) is 46.5 Å². The normalized spacial score (nSPS) is 15.2. The van der Waals surface area contributed by atoms with Gasteiger partial charge in [-0.05, 0) is 84.6 Å². The number of alkyl carbamates (subject to hydrolysis) is 1. The average Bonchev–Trinajstić information content (AvgIpc) is 3.89. The van der Waals surface area contributed by atoms with Crippen LogP contribution in [-0.4, -0.2) is 95.4 Å². The van der Waals surface area contributed by atoms with Crippen LogP contribution in [-0.2, 0) is 18.9 Å². The summed E-state index contributed by atoms with van der Waals surface area (Å²) in [7, 11) is 3.25. The first-order chi connectivity index (χ1) is 25.7. The highest BCUT2D eigenvalue weighted by Crippen LogP contribution is 2.45. The molecule has 0 spiro atoms. The number of hydrogen-bond donors (Lipinski definition) is 3. The number of carbonyl (C=O) groups is 2. The molecule has 14 heteroatoms.